The maximum absolute atomic E-state index is 11.0. The van der Waals surface area contributed by atoms with Gasteiger partial charge in [-0.1, -0.05) is 49.6 Å². The van der Waals surface area contributed by atoms with E-state index < -0.39 is 5.97 Å². The van der Waals surface area contributed by atoms with Gasteiger partial charge in [-0.15, -0.1) is 0 Å². The first kappa shape index (κ1) is 25.5. The zero-order valence-corrected chi connectivity index (χ0v) is 18.1. The van der Waals surface area contributed by atoms with E-state index in [1.165, 1.54) is 0 Å². The second-order valence-electron chi connectivity index (χ2n) is 6.77. The van der Waals surface area contributed by atoms with Crippen molar-refractivity contribution < 1.29 is 28.9 Å². The predicted molar refractivity (Wildman–Crippen MR) is 120 cm³/mol. The smallest absolute Gasteiger partial charge is 0.333 e. The summed E-state index contributed by atoms with van der Waals surface area (Å²) in [6, 6.07) is 18.9. The molecule has 0 saturated heterocycles. The van der Waals surface area contributed by atoms with Gasteiger partial charge in [-0.05, 0) is 51.0 Å². The third-order valence-electron chi connectivity index (χ3n) is 3.91. The molecule has 0 bridgehead atoms. The lowest BCUT2D eigenvalue weighted by atomic mass is 10.1. The molecule has 1 unspecified atom stereocenters. The number of hydrogen-bond donors (Lipinski definition) is 1. The molecule has 31 heavy (non-hydrogen) atoms. The highest BCUT2D eigenvalue weighted by Crippen LogP contribution is 2.14. The lowest BCUT2D eigenvalue weighted by Crippen LogP contribution is -2.13. The number of carboxylic acids is 1. The molecule has 0 aromatic heterocycles. The summed E-state index contributed by atoms with van der Waals surface area (Å²) in [5, 5.41) is 8.64. The van der Waals surface area contributed by atoms with Crippen molar-refractivity contribution in [3.05, 3.63) is 85.0 Å². The Hall–Kier alpha value is -3.54. The first-order valence-electron chi connectivity index (χ1n) is 9.92. The first-order chi connectivity index (χ1) is 14.8. The summed E-state index contributed by atoms with van der Waals surface area (Å²) in [6.45, 7) is 11.1. The van der Waals surface area contributed by atoms with Crippen LogP contribution in [0, 0.1) is 0 Å². The summed E-state index contributed by atoms with van der Waals surface area (Å²) < 4.78 is 15.8. The molecule has 166 valence electrons. The van der Waals surface area contributed by atoms with Gasteiger partial charge in [-0.3, -0.25) is 0 Å². The minimum Gasteiger partial charge on any atom is -0.491 e. The molecule has 2 aromatic carbocycles. The molecule has 0 heterocycles. The quantitative estimate of drug-likeness (QED) is 0.307. The van der Waals surface area contributed by atoms with Gasteiger partial charge in [0.05, 0.1) is 6.10 Å². The van der Waals surface area contributed by atoms with E-state index in [2.05, 4.69) is 13.2 Å². The van der Waals surface area contributed by atoms with Gasteiger partial charge in [-0.2, -0.15) is 0 Å². The minimum absolute atomic E-state index is 0.0153. The highest BCUT2D eigenvalue weighted by atomic mass is 16.6. The molecule has 6 nitrogen and oxygen atoms in total. The fraction of sp³-hybridized carbons (Fsp3) is 0.280. The Kier molecular flexibility index (Phi) is 11.9. The minimum atomic E-state index is -0.938. The standard InChI is InChI=1S/C13H16O3.C12H14O3/c1-10(13(14)15)8-9-11(2)16-12-6-4-3-5-7-12;1-10(2)12(13)15-9-8-14-11-6-4-3-5-7-11/h3-7,11H,1,8-9H2,2H3,(H,14,15);3-7H,1,8-9H2,2H3. The second kappa shape index (κ2) is 14.4. The average Bonchev–Trinajstić information content (AvgIpc) is 2.76. The molecular formula is C25H30O6. The number of hydrogen-bond acceptors (Lipinski definition) is 5. The van der Waals surface area contributed by atoms with Crippen LogP contribution in [0.25, 0.3) is 0 Å². The van der Waals surface area contributed by atoms with Crippen LogP contribution in [0.1, 0.15) is 26.7 Å². The van der Waals surface area contributed by atoms with Crippen LogP contribution in [0.3, 0.4) is 0 Å². The first-order valence-corrected chi connectivity index (χ1v) is 9.92. The third kappa shape index (κ3) is 11.9. The monoisotopic (exact) mass is 426 g/mol. The van der Waals surface area contributed by atoms with Crippen LogP contribution < -0.4 is 9.47 Å². The fourth-order valence-corrected chi connectivity index (χ4v) is 2.21. The van der Waals surface area contributed by atoms with E-state index in [0.29, 0.717) is 25.0 Å². The van der Waals surface area contributed by atoms with Crippen LogP contribution in [0.4, 0.5) is 0 Å². The Bertz CT molecular complexity index is 830. The maximum atomic E-state index is 11.0. The lowest BCUT2D eigenvalue weighted by molar-refractivity contribution is -0.139. The van der Waals surface area contributed by atoms with Crippen LogP contribution in [0.2, 0.25) is 0 Å². The molecule has 0 fully saturated rings. The summed E-state index contributed by atoms with van der Waals surface area (Å²) in [4.78, 5) is 21.5. The molecule has 1 N–H and O–H groups in total. The highest BCUT2D eigenvalue weighted by Gasteiger charge is 2.08. The van der Waals surface area contributed by atoms with E-state index in [1.54, 1.807) is 6.92 Å². The third-order valence-corrected chi connectivity index (χ3v) is 3.91. The van der Waals surface area contributed by atoms with Gasteiger partial charge in [0.1, 0.15) is 24.7 Å². The number of carbonyl (C=O) groups is 2. The number of benzene rings is 2. The fourth-order valence-electron chi connectivity index (χ4n) is 2.21. The Morgan fingerprint density at radius 2 is 1.48 bits per heavy atom. The van der Waals surface area contributed by atoms with Crippen molar-refractivity contribution in [2.45, 2.75) is 32.8 Å². The van der Waals surface area contributed by atoms with Crippen LogP contribution in [0.15, 0.2) is 85.0 Å². The van der Waals surface area contributed by atoms with Gasteiger partial charge < -0.3 is 19.3 Å². The Labute approximate surface area is 183 Å². The molecule has 0 aliphatic heterocycles. The number of esters is 1. The molecule has 0 amide bonds. The van der Waals surface area contributed by atoms with Crippen molar-refractivity contribution in [1.82, 2.24) is 0 Å². The molecule has 0 saturated carbocycles. The lowest BCUT2D eigenvalue weighted by Gasteiger charge is -2.14. The van der Waals surface area contributed by atoms with Gasteiger partial charge in [0.15, 0.2) is 0 Å². The molecule has 2 rings (SSSR count). The van der Waals surface area contributed by atoms with Gasteiger partial charge in [0.25, 0.3) is 0 Å². The topological polar surface area (TPSA) is 82.1 Å². The Morgan fingerprint density at radius 1 is 0.935 bits per heavy atom. The van der Waals surface area contributed by atoms with Crippen LogP contribution in [-0.4, -0.2) is 36.4 Å². The van der Waals surface area contributed by atoms with Gasteiger partial charge in [0.2, 0.25) is 0 Å². The van der Waals surface area contributed by atoms with E-state index in [4.69, 9.17) is 19.3 Å². The molecular weight excluding hydrogens is 396 g/mol. The average molecular weight is 427 g/mol. The molecule has 0 spiro atoms. The number of carboxylic acid groups (broad SMARTS) is 1. The van der Waals surface area contributed by atoms with Crippen molar-refractivity contribution in [1.29, 1.82) is 0 Å². The Balaban J connectivity index is 0.000000311. The summed E-state index contributed by atoms with van der Waals surface area (Å²) in [7, 11) is 0. The van der Waals surface area contributed by atoms with Crippen LogP contribution in [-0.2, 0) is 14.3 Å². The molecule has 2 aromatic rings. The molecule has 6 heteroatoms. The number of carbonyl (C=O) groups excluding carboxylic acids is 1. The summed E-state index contributed by atoms with van der Waals surface area (Å²) in [6.07, 6.45) is 1.09. The zero-order valence-electron chi connectivity index (χ0n) is 18.1. The second-order valence-corrected chi connectivity index (χ2v) is 6.77. The number of para-hydroxylation sites is 2. The summed E-state index contributed by atoms with van der Waals surface area (Å²) >= 11 is 0. The normalized spacial score (nSPS) is 10.6. The van der Waals surface area contributed by atoms with Gasteiger partial charge in [0, 0.05) is 11.1 Å². The molecule has 0 aliphatic rings. The van der Waals surface area contributed by atoms with E-state index in [1.807, 2.05) is 67.6 Å². The van der Waals surface area contributed by atoms with E-state index in [9.17, 15) is 9.59 Å². The van der Waals surface area contributed by atoms with Crippen molar-refractivity contribution in [2.24, 2.45) is 0 Å². The molecule has 0 radical (unpaired) electrons. The largest absolute Gasteiger partial charge is 0.491 e. The zero-order chi connectivity index (χ0) is 23.1. The van der Waals surface area contributed by atoms with Crippen LogP contribution >= 0.6 is 0 Å². The number of aliphatic carboxylic acids is 1. The van der Waals surface area contributed by atoms with E-state index in [0.717, 1.165) is 11.5 Å². The maximum Gasteiger partial charge on any atom is 0.333 e. The van der Waals surface area contributed by atoms with Gasteiger partial charge in [-0.25, -0.2) is 9.59 Å². The Morgan fingerprint density at radius 3 is 2.00 bits per heavy atom. The molecule has 0 aliphatic carbocycles. The predicted octanol–water partition coefficient (Wildman–Crippen LogP) is 5.06. The SMILES string of the molecule is C=C(C)C(=O)OCCOc1ccccc1.C=C(CCC(C)Oc1ccccc1)C(=O)O. The van der Waals surface area contributed by atoms with Crippen LogP contribution in [0.5, 0.6) is 11.5 Å². The van der Waals surface area contributed by atoms with E-state index in [-0.39, 0.29) is 24.3 Å². The van der Waals surface area contributed by atoms with Crippen molar-refractivity contribution in [3.8, 4) is 11.5 Å². The van der Waals surface area contributed by atoms with Crippen molar-refractivity contribution in [2.75, 3.05) is 13.2 Å². The molecule has 1 atom stereocenters. The highest BCUT2D eigenvalue weighted by molar-refractivity contribution is 5.87. The van der Waals surface area contributed by atoms with Gasteiger partial charge >= 0.3 is 11.9 Å². The van der Waals surface area contributed by atoms with Crippen molar-refractivity contribution >= 4 is 11.9 Å². The number of ether oxygens (including phenoxy) is 3. The van der Waals surface area contributed by atoms with E-state index >= 15 is 0 Å². The summed E-state index contributed by atoms with van der Waals surface area (Å²) in [5.41, 5.74) is 0.623. The summed E-state index contributed by atoms with van der Waals surface area (Å²) in [5.74, 6) is 0.249. The van der Waals surface area contributed by atoms with Crippen molar-refractivity contribution in [3.63, 3.8) is 0 Å². The number of rotatable bonds is 11.